The van der Waals surface area contributed by atoms with Crippen molar-refractivity contribution in [3.05, 3.63) is 29.8 Å². The van der Waals surface area contributed by atoms with Gasteiger partial charge in [-0.05, 0) is 31.5 Å². The Morgan fingerprint density at radius 3 is 1.97 bits per heavy atom. The number of carbonyl (C=O) groups is 1. The van der Waals surface area contributed by atoms with Crippen LogP contribution in [-0.4, -0.2) is 57.7 Å². The maximum absolute atomic E-state index is 11.4. The third-order valence-corrected chi connectivity index (χ3v) is 3.78. The highest BCUT2D eigenvalue weighted by atomic mass is 16.6. The van der Waals surface area contributed by atoms with E-state index >= 15 is 0 Å². The van der Waals surface area contributed by atoms with Crippen molar-refractivity contribution in [1.29, 1.82) is 0 Å². The number of benzene rings is 1. The predicted molar refractivity (Wildman–Crippen MR) is 112 cm³/mol. The van der Waals surface area contributed by atoms with Crippen molar-refractivity contribution in [3.63, 3.8) is 0 Å². The zero-order valence-electron chi connectivity index (χ0n) is 18.1. The van der Waals surface area contributed by atoms with Crippen molar-refractivity contribution < 1.29 is 28.6 Å². The number of hydrogen-bond donors (Lipinski definition) is 0. The van der Waals surface area contributed by atoms with Crippen molar-refractivity contribution in [3.8, 4) is 5.75 Å². The highest BCUT2D eigenvalue weighted by Gasteiger charge is 2.06. The average molecular weight is 410 g/mol. The van der Waals surface area contributed by atoms with E-state index in [9.17, 15) is 4.79 Å². The first-order chi connectivity index (χ1) is 14.0. The molecule has 0 amide bonds. The number of carbonyl (C=O) groups excluding carboxylic acids is 1. The third-order valence-electron chi connectivity index (χ3n) is 3.78. The number of oxime groups is 1. The molecule has 0 atom stereocenters. The molecule has 0 N–H and O–H groups in total. The van der Waals surface area contributed by atoms with Crippen molar-refractivity contribution >= 4 is 11.5 Å². The van der Waals surface area contributed by atoms with E-state index in [0.29, 0.717) is 59.3 Å². The van der Waals surface area contributed by atoms with Crippen LogP contribution < -0.4 is 4.74 Å². The van der Waals surface area contributed by atoms with Gasteiger partial charge in [0.1, 0.15) is 24.7 Å². The first-order valence-corrected chi connectivity index (χ1v) is 10.1. The molecule has 0 spiro atoms. The molecule has 0 aromatic heterocycles. The maximum Gasteiger partial charge on any atom is 0.142 e. The van der Waals surface area contributed by atoms with Crippen LogP contribution in [0.15, 0.2) is 29.4 Å². The van der Waals surface area contributed by atoms with Crippen LogP contribution in [-0.2, 0) is 30.4 Å². The molecule has 7 heteroatoms. The van der Waals surface area contributed by atoms with Gasteiger partial charge in [0.05, 0.1) is 45.4 Å². The Balaban J connectivity index is 1.93. The van der Waals surface area contributed by atoms with E-state index in [-0.39, 0.29) is 11.7 Å². The molecule has 0 aliphatic carbocycles. The summed E-state index contributed by atoms with van der Waals surface area (Å²) in [5.74, 6) is 1.08. The number of ketones is 1. The summed E-state index contributed by atoms with van der Waals surface area (Å²) >= 11 is 0. The largest absolute Gasteiger partial charge is 0.491 e. The highest BCUT2D eigenvalue weighted by molar-refractivity contribution is 5.80. The Kier molecular flexibility index (Phi) is 13.8. The van der Waals surface area contributed by atoms with Gasteiger partial charge in [-0.3, -0.25) is 4.79 Å². The molecule has 0 heterocycles. The van der Waals surface area contributed by atoms with E-state index in [2.05, 4.69) is 5.16 Å². The molecule has 7 nitrogen and oxygen atoms in total. The van der Waals surface area contributed by atoms with Gasteiger partial charge in [-0.25, -0.2) is 0 Å². The Morgan fingerprint density at radius 1 is 0.862 bits per heavy atom. The normalized spacial score (nSPS) is 10.8. The van der Waals surface area contributed by atoms with E-state index in [1.165, 1.54) is 0 Å². The molecular weight excluding hydrogens is 374 g/mol. The minimum Gasteiger partial charge on any atom is -0.491 e. The van der Waals surface area contributed by atoms with Crippen molar-refractivity contribution in [2.24, 2.45) is 11.1 Å². The second-order valence-electron chi connectivity index (χ2n) is 7.01. The predicted octanol–water partition coefficient (Wildman–Crippen LogP) is 3.64. The molecule has 0 saturated carbocycles. The molecule has 1 aromatic rings. The van der Waals surface area contributed by atoms with Crippen LogP contribution in [0.2, 0.25) is 0 Å². The second kappa shape index (κ2) is 15.9. The molecule has 164 valence electrons. The minimum absolute atomic E-state index is 0.0695. The Hall–Kier alpha value is -1.96. The number of nitrogens with zero attached hydrogens (tertiary/aromatic N) is 1. The Bertz CT molecular complexity index is 581. The fraction of sp³-hybridized carbons (Fsp3) is 0.636. The quantitative estimate of drug-likeness (QED) is 0.222. The van der Waals surface area contributed by atoms with E-state index < -0.39 is 0 Å². The summed E-state index contributed by atoms with van der Waals surface area (Å²) in [5, 5.41) is 3.90. The Labute approximate surface area is 174 Å². The van der Waals surface area contributed by atoms with E-state index in [1.807, 2.05) is 52.0 Å². The van der Waals surface area contributed by atoms with E-state index in [1.54, 1.807) is 0 Å². The zero-order valence-corrected chi connectivity index (χ0v) is 18.1. The molecular formula is C22H35NO6. The van der Waals surface area contributed by atoms with Crippen LogP contribution in [0.1, 0.15) is 39.7 Å². The molecule has 0 fully saturated rings. The topological polar surface area (TPSA) is 75.6 Å². The summed E-state index contributed by atoms with van der Waals surface area (Å²) in [6.07, 6.45) is 0.463. The summed E-state index contributed by atoms with van der Waals surface area (Å²) in [7, 11) is 0. The average Bonchev–Trinajstić information content (AvgIpc) is 2.69. The standard InChI is InChI=1S/C22H35NO6/c1-18(2)22(24)9-10-25-11-12-26-13-14-27-15-16-28-21-7-5-20(6-8-21)17-29-23-19(3)4/h5-8,18H,9-17H2,1-4H3. The summed E-state index contributed by atoms with van der Waals surface area (Å²) in [6, 6.07) is 7.70. The molecule has 0 aliphatic rings. The molecule has 0 radical (unpaired) electrons. The summed E-state index contributed by atoms with van der Waals surface area (Å²) < 4.78 is 21.9. The summed E-state index contributed by atoms with van der Waals surface area (Å²) in [4.78, 5) is 16.6. The molecule has 0 unspecified atom stereocenters. The van der Waals surface area contributed by atoms with Crippen LogP contribution in [0.25, 0.3) is 0 Å². The number of Topliss-reactive ketones (excluding diaryl/α,β-unsaturated/α-hetero) is 1. The first-order valence-electron chi connectivity index (χ1n) is 10.1. The summed E-state index contributed by atoms with van der Waals surface area (Å²) in [6.45, 7) is 11.4. The van der Waals surface area contributed by atoms with Crippen molar-refractivity contribution in [2.75, 3.05) is 46.2 Å². The van der Waals surface area contributed by atoms with Crippen molar-refractivity contribution in [2.45, 2.75) is 40.7 Å². The van der Waals surface area contributed by atoms with E-state index in [0.717, 1.165) is 17.0 Å². The lowest BCUT2D eigenvalue weighted by Gasteiger charge is -2.09. The fourth-order valence-electron chi connectivity index (χ4n) is 2.14. The van der Waals surface area contributed by atoms with Crippen LogP contribution in [0.3, 0.4) is 0 Å². The summed E-state index contributed by atoms with van der Waals surface area (Å²) in [5.41, 5.74) is 1.92. The van der Waals surface area contributed by atoms with Gasteiger partial charge >= 0.3 is 0 Å². The van der Waals surface area contributed by atoms with Crippen LogP contribution >= 0.6 is 0 Å². The van der Waals surface area contributed by atoms with Gasteiger partial charge in [0.25, 0.3) is 0 Å². The smallest absolute Gasteiger partial charge is 0.142 e. The van der Waals surface area contributed by atoms with Crippen molar-refractivity contribution in [1.82, 2.24) is 0 Å². The van der Waals surface area contributed by atoms with Gasteiger partial charge in [0.15, 0.2) is 0 Å². The Morgan fingerprint density at radius 2 is 1.41 bits per heavy atom. The van der Waals surface area contributed by atoms with Crippen LogP contribution in [0.4, 0.5) is 0 Å². The monoisotopic (exact) mass is 409 g/mol. The number of ether oxygens (including phenoxy) is 4. The fourth-order valence-corrected chi connectivity index (χ4v) is 2.14. The van der Waals surface area contributed by atoms with Crippen LogP contribution in [0.5, 0.6) is 5.75 Å². The van der Waals surface area contributed by atoms with Gasteiger partial charge in [-0.2, -0.15) is 0 Å². The highest BCUT2D eigenvalue weighted by Crippen LogP contribution is 2.13. The lowest BCUT2D eigenvalue weighted by molar-refractivity contribution is -0.123. The van der Waals surface area contributed by atoms with Gasteiger partial charge < -0.3 is 23.8 Å². The molecule has 1 aromatic carbocycles. The lowest BCUT2D eigenvalue weighted by Crippen LogP contribution is -2.14. The molecule has 0 saturated heterocycles. The number of hydrogen-bond acceptors (Lipinski definition) is 7. The third kappa shape index (κ3) is 13.8. The number of rotatable bonds is 17. The SMILES string of the molecule is CC(C)=NOCc1ccc(OCCOCCOCCOCCC(=O)C(C)C)cc1. The lowest BCUT2D eigenvalue weighted by atomic mass is 10.1. The molecule has 0 aliphatic heterocycles. The van der Waals surface area contributed by atoms with E-state index in [4.69, 9.17) is 23.8 Å². The zero-order chi connectivity index (χ0) is 21.3. The van der Waals surface area contributed by atoms with Gasteiger partial charge in [-0.1, -0.05) is 31.1 Å². The molecule has 1 rings (SSSR count). The maximum atomic E-state index is 11.4. The molecule has 0 bridgehead atoms. The first kappa shape index (κ1) is 25.1. The van der Waals surface area contributed by atoms with Crippen LogP contribution in [0, 0.1) is 5.92 Å². The van der Waals surface area contributed by atoms with Gasteiger partial charge in [0, 0.05) is 12.3 Å². The minimum atomic E-state index is 0.0695. The van der Waals surface area contributed by atoms with Gasteiger partial charge in [0.2, 0.25) is 0 Å². The second-order valence-corrected chi connectivity index (χ2v) is 7.01. The molecule has 29 heavy (non-hydrogen) atoms. The van der Waals surface area contributed by atoms with Gasteiger partial charge in [-0.15, -0.1) is 0 Å².